The second kappa shape index (κ2) is 8.23. The number of unbranched alkanes of at least 4 members (excludes halogenated alkanes) is 1. The molecule has 0 aliphatic carbocycles. The first kappa shape index (κ1) is 19.4. The smallest absolute Gasteiger partial charge is 0.133 e. The van der Waals surface area contributed by atoms with Gasteiger partial charge in [-0.05, 0) is 53.9 Å². The minimum Gasteiger partial charge on any atom is -0.267 e. The highest BCUT2D eigenvalue weighted by Gasteiger charge is 2.16. The van der Waals surface area contributed by atoms with Crippen molar-refractivity contribution in [2.24, 2.45) is 7.05 Å². The van der Waals surface area contributed by atoms with Gasteiger partial charge in [-0.25, -0.2) is 4.39 Å². The van der Waals surface area contributed by atoms with Crippen LogP contribution in [0.15, 0.2) is 65.1 Å². The third-order valence-electron chi connectivity index (χ3n) is 4.87. The second-order valence-electron chi connectivity index (χ2n) is 6.93. The van der Waals surface area contributed by atoms with Gasteiger partial charge < -0.3 is 0 Å². The summed E-state index contributed by atoms with van der Waals surface area (Å²) in [5, 5.41) is 5.49. The molecule has 4 heteroatoms. The van der Waals surface area contributed by atoms with Gasteiger partial charge in [0, 0.05) is 34.5 Å². The van der Waals surface area contributed by atoms with Crippen LogP contribution in [-0.4, -0.2) is 9.78 Å². The van der Waals surface area contributed by atoms with Crippen LogP contribution in [0.1, 0.15) is 25.3 Å². The molecular weight excluding hydrogens is 427 g/mol. The fourth-order valence-corrected chi connectivity index (χ4v) is 3.78. The Morgan fingerprint density at radius 2 is 1.86 bits per heavy atom. The van der Waals surface area contributed by atoms with Gasteiger partial charge in [0.1, 0.15) is 11.5 Å². The number of fused-ring (bicyclic) bond motifs is 1. The Hall–Kier alpha value is -2.90. The van der Waals surface area contributed by atoms with E-state index in [2.05, 4.69) is 39.8 Å². The summed E-state index contributed by atoms with van der Waals surface area (Å²) in [6.45, 7) is 2.11. The van der Waals surface area contributed by atoms with Gasteiger partial charge in [-0.3, -0.25) is 4.68 Å². The molecule has 1 heterocycles. The van der Waals surface area contributed by atoms with Gasteiger partial charge in [0.15, 0.2) is 0 Å². The van der Waals surface area contributed by atoms with Gasteiger partial charge in [0.2, 0.25) is 0 Å². The second-order valence-corrected chi connectivity index (χ2v) is 7.84. The molecule has 0 saturated carbocycles. The molecule has 4 aromatic rings. The van der Waals surface area contributed by atoms with Crippen LogP contribution >= 0.6 is 15.9 Å². The number of aromatic nitrogens is 2. The van der Waals surface area contributed by atoms with Gasteiger partial charge in [-0.1, -0.05) is 59.0 Å². The summed E-state index contributed by atoms with van der Waals surface area (Å²) < 4.78 is 17.9. The molecule has 0 unspecified atom stereocenters. The molecule has 0 fully saturated rings. The highest BCUT2D eigenvalue weighted by atomic mass is 79.9. The maximum Gasteiger partial charge on any atom is 0.133 e. The maximum absolute atomic E-state index is 15.2. The molecule has 29 heavy (non-hydrogen) atoms. The van der Waals surface area contributed by atoms with Crippen molar-refractivity contribution in [3.8, 4) is 34.2 Å². The van der Waals surface area contributed by atoms with Crippen LogP contribution in [0.2, 0.25) is 0 Å². The van der Waals surface area contributed by atoms with Crippen LogP contribution in [-0.2, 0) is 7.05 Å². The van der Waals surface area contributed by atoms with Crippen LogP contribution < -0.4 is 0 Å². The molecule has 2 nitrogen and oxygen atoms in total. The Morgan fingerprint density at radius 1 is 1.03 bits per heavy atom. The summed E-state index contributed by atoms with van der Waals surface area (Å²) in [6, 6.07) is 19.1. The van der Waals surface area contributed by atoms with E-state index in [1.54, 1.807) is 10.7 Å². The molecule has 1 aromatic heterocycles. The standard InChI is InChI=1S/C25H20BrFN2/c1-3-4-5-8-17-9-6-7-10-20(17)18-11-13-21(23(27)15-18)25-22-14-12-19(26)16-24(22)29(2)28-25/h6-7,9-16H,3-4H2,1-2H3. The normalized spacial score (nSPS) is 10.8. The molecule has 3 aromatic carbocycles. The molecular formula is C25H20BrFN2. The molecule has 0 saturated heterocycles. The highest BCUT2D eigenvalue weighted by molar-refractivity contribution is 9.10. The average Bonchev–Trinajstić information content (AvgIpc) is 3.04. The molecule has 0 spiro atoms. The van der Waals surface area contributed by atoms with Crippen LogP contribution in [0.3, 0.4) is 0 Å². The van der Waals surface area contributed by atoms with Crippen molar-refractivity contribution in [1.29, 1.82) is 0 Å². The van der Waals surface area contributed by atoms with Crippen LogP contribution in [0.5, 0.6) is 0 Å². The van der Waals surface area contributed by atoms with E-state index in [9.17, 15) is 0 Å². The largest absolute Gasteiger partial charge is 0.267 e. The van der Waals surface area contributed by atoms with Crippen molar-refractivity contribution in [3.05, 3.63) is 76.5 Å². The first-order valence-electron chi connectivity index (χ1n) is 9.59. The molecule has 0 radical (unpaired) electrons. The summed E-state index contributed by atoms with van der Waals surface area (Å²) in [5.74, 6) is 6.11. The quantitative estimate of drug-likeness (QED) is 0.311. The SMILES string of the molecule is CCCC#Cc1ccccc1-c1ccc(-c2nn(C)c3cc(Br)ccc23)c(F)c1. The monoisotopic (exact) mass is 446 g/mol. The minimum absolute atomic E-state index is 0.290. The van der Waals surface area contributed by atoms with Crippen LogP contribution in [0, 0.1) is 17.7 Å². The molecule has 0 aliphatic rings. The summed E-state index contributed by atoms with van der Waals surface area (Å²) in [6.07, 6.45) is 1.87. The number of nitrogens with zero attached hydrogens (tertiary/aromatic N) is 2. The lowest BCUT2D eigenvalue weighted by atomic mass is 9.97. The van der Waals surface area contributed by atoms with E-state index in [-0.39, 0.29) is 5.82 Å². The molecule has 4 rings (SSSR count). The van der Waals surface area contributed by atoms with E-state index in [1.807, 2.05) is 61.6 Å². The van der Waals surface area contributed by atoms with Crippen LogP contribution in [0.4, 0.5) is 4.39 Å². The molecule has 0 N–H and O–H groups in total. The molecule has 0 atom stereocenters. The van der Waals surface area contributed by atoms with Crippen molar-refractivity contribution in [1.82, 2.24) is 9.78 Å². The zero-order chi connectivity index (χ0) is 20.4. The average molecular weight is 447 g/mol. The van der Waals surface area contributed by atoms with Crippen molar-refractivity contribution < 1.29 is 4.39 Å². The van der Waals surface area contributed by atoms with E-state index >= 15 is 4.39 Å². The summed E-state index contributed by atoms with van der Waals surface area (Å²) in [7, 11) is 1.87. The van der Waals surface area contributed by atoms with Crippen molar-refractivity contribution in [2.75, 3.05) is 0 Å². The van der Waals surface area contributed by atoms with E-state index in [0.717, 1.165) is 44.9 Å². The number of halogens is 2. The number of hydrogen-bond donors (Lipinski definition) is 0. The first-order valence-corrected chi connectivity index (χ1v) is 10.4. The molecule has 0 bridgehead atoms. The zero-order valence-corrected chi connectivity index (χ0v) is 17.9. The molecule has 0 amide bonds. The van der Waals surface area contributed by atoms with E-state index in [1.165, 1.54) is 0 Å². The zero-order valence-electron chi connectivity index (χ0n) is 16.3. The summed E-state index contributed by atoms with van der Waals surface area (Å²) in [4.78, 5) is 0. The first-order chi connectivity index (χ1) is 14.1. The lowest BCUT2D eigenvalue weighted by Crippen LogP contribution is -1.92. The fourth-order valence-electron chi connectivity index (χ4n) is 3.43. The summed E-state index contributed by atoms with van der Waals surface area (Å²) >= 11 is 3.48. The predicted molar refractivity (Wildman–Crippen MR) is 121 cm³/mol. The third kappa shape index (κ3) is 3.83. The van der Waals surface area contributed by atoms with Gasteiger partial charge in [-0.2, -0.15) is 5.10 Å². The minimum atomic E-state index is -0.290. The predicted octanol–water partition coefficient (Wildman–Crippen LogP) is 6.96. The Morgan fingerprint density at radius 3 is 2.66 bits per heavy atom. The number of aryl methyl sites for hydroxylation is 1. The number of hydrogen-bond acceptors (Lipinski definition) is 1. The van der Waals surface area contributed by atoms with Gasteiger partial charge in [0.25, 0.3) is 0 Å². The van der Waals surface area contributed by atoms with Crippen molar-refractivity contribution in [2.45, 2.75) is 19.8 Å². The highest BCUT2D eigenvalue weighted by Crippen LogP contribution is 2.33. The Kier molecular flexibility index (Phi) is 5.51. The van der Waals surface area contributed by atoms with Crippen LogP contribution in [0.25, 0.3) is 33.3 Å². The number of benzene rings is 3. The van der Waals surface area contributed by atoms with Gasteiger partial charge >= 0.3 is 0 Å². The topological polar surface area (TPSA) is 17.8 Å². The fraction of sp³-hybridized carbons (Fsp3) is 0.160. The Balaban J connectivity index is 1.79. The lowest BCUT2D eigenvalue weighted by molar-refractivity contribution is 0.630. The van der Waals surface area contributed by atoms with Crippen molar-refractivity contribution >= 4 is 26.8 Å². The molecule has 144 valence electrons. The van der Waals surface area contributed by atoms with Gasteiger partial charge in [-0.15, -0.1) is 0 Å². The van der Waals surface area contributed by atoms with E-state index in [0.29, 0.717) is 11.3 Å². The summed E-state index contributed by atoms with van der Waals surface area (Å²) in [5.41, 5.74) is 4.77. The number of rotatable bonds is 3. The third-order valence-corrected chi connectivity index (χ3v) is 5.37. The Labute approximate surface area is 178 Å². The Bertz CT molecular complexity index is 1260. The van der Waals surface area contributed by atoms with E-state index in [4.69, 9.17) is 0 Å². The maximum atomic E-state index is 15.2. The lowest BCUT2D eigenvalue weighted by Gasteiger charge is -2.08. The van der Waals surface area contributed by atoms with Crippen molar-refractivity contribution in [3.63, 3.8) is 0 Å². The van der Waals surface area contributed by atoms with Gasteiger partial charge in [0.05, 0.1) is 5.52 Å². The van der Waals surface area contributed by atoms with E-state index < -0.39 is 0 Å². The molecule has 0 aliphatic heterocycles.